The van der Waals surface area contributed by atoms with Crippen molar-refractivity contribution in [3.05, 3.63) is 54.1 Å². The van der Waals surface area contributed by atoms with E-state index in [0.29, 0.717) is 24.6 Å². The Labute approximate surface area is 166 Å². The molecule has 0 fully saturated rings. The molecule has 0 aromatic heterocycles. The number of benzene rings is 2. The van der Waals surface area contributed by atoms with Crippen LogP contribution in [0.3, 0.4) is 0 Å². The normalized spacial score (nSPS) is 11.6. The Morgan fingerprint density at radius 3 is 2.30 bits per heavy atom. The van der Waals surface area contributed by atoms with Crippen LogP contribution < -0.4 is 4.72 Å². The van der Waals surface area contributed by atoms with Gasteiger partial charge >= 0.3 is 0 Å². The highest BCUT2D eigenvalue weighted by molar-refractivity contribution is 7.99. The first-order valence-corrected chi connectivity index (χ1v) is 11.2. The van der Waals surface area contributed by atoms with Crippen LogP contribution in [0.2, 0.25) is 0 Å². The van der Waals surface area contributed by atoms with Gasteiger partial charge in [-0.05, 0) is 56.3 Å². The second-order valence-corrected chi connectivity index (χ2v) is 9.52. The van der Waals surface area contributed by atoms with Crippen molar-refractivity contribution in [3.8, 4) is 0 Å². The van der Waals surface area contributed by atoms with Crippen molar-refractivity contribution in [1.29, 1.82) is 0 Å². The monoisotopic (exact) mass is 406 g/mol. The highest BCUT2D eigenvalue weighted by Gasteiger charge is 2.19. The minimum absolute atomic E-state index is 0.0173. The smallest absolute Gasteiger partial charge is 0.255 e. The van der Waals surface area contributed by atoms with Crippen LogP contribution in [0, 0.1) is 5.92 Å². The Balaban J connectivity index is 2.27. The van der Waals surface area contributed by atoms with Gasteiger partial charge in [-0.3, -0.25) is 4.79 Å². The average molecular weight is 407 g/mol. The Hall–Kier alpha value is -1.83. The zero-order valence-corrected chi connectivity index (χ0v) is 17.7. The molecule has 0 radical (unpaired) electrons. The predicted molar refractivity (Wildman–Crippen MR) is 110 cm³/mol. The molecule has 1 amide bonds. The van der Waals surface area contributed by atoms with E-state index in [-0.39, 0.29) is 10.8 Å². The van der Waals surface area contributed by atoms with Gasteiger partial charge in [0.2, 0.25) is 10.0 Å². The second-order valence-electron chi connectivity index (χ2n) is 6.51. The van der Waals surface area contributed by atoms with Gasteiger partial charge in [0.1, 0.15) is 0 Å². The van der Waals surface area contributed by atoms with Crippen LogP contribution in [0.1, 0.15) is 31.1 Å². The Morgan fingerprint density at radius 2 is 1.74 bits per heavy atom. The largest absolute Gasteiger partial charge is 0.339 e. The summed E-state index contributed by atoms with van der Waals surface area (Å²) >= 11 is 1.45. The van der Waals surface area contributed by atoms with Crippen molar-refractivity contribution in [2.45, 2.75) is 35.5 Å². The maximum absolute atomic E-state index is 13.0. The van der Waals surface area contributed by atoms with Crippen molar-refractivity contribution in [2.24, 2.45) is 5.92 Å². The molecule has 1 N–H and O–H groups in total. The number of nitrogens with one attached hydrogen (secondary N) is 1. The SMILES string of the molecule is CCN(CC(C)C)C(=O)c1ccccc1Sc1ccc(S(=O)(=O)NC)cc1. The third-order valence-corrected chi connectivity index (χ3v) is 6.52. The lowest BCUT2D eigenvalue weighted by molar-refractivity contribution is 0.0742. The van der Waals surface area contributed by atoms with E-state index in [1.165, 1.54) is 18.8 Å². The lowest BCUT2D eigenvalue weighted by Crippen LogP contribution is -2.34. The molecule has 0 spiro atoms. The minimum atomic E-state index is -3.46. The zero-order valence-electron chi connectivity index (χ0n) is 16.1. The van der Waals surface area contributed by atoms with Gasteiger partial charge in [0, 0.05) is 22.9 Å². The minimum Gasteiger partial charge on any atom is -0.339 e. The first kappa shape index (κ1) is 21.5. The van der Waals surface area contributed by atoms with Gasteiger partial charge in [0.05, 0.1) is 10.5 Å². The average Bonchev–Trinajstić information content (AvgIpc) is 2.66. The second kappa shape index (κ2) is 9.39. The highest BCUT2D eigenvalue weighted by atomic mass is 32.2. The number of hydrogen-bond acceptors (Lipinski definition) is 4. The van der Waals surface area contributed by atoms with Crippen LogP contribution in [0.15, 0.2) is 63.2 Å². The van der Waals surface area contributed by atoms with Crippen molar-refractivity contribution < 1.29 is 13.2 Å². The molecular formula is C20H26N2O3S2. The van der Waals surface area contributed by atoms with Crippen LogP contribution in [0.4, 0.5) is 0 Å². The van der Waals surface area contributed by atoms with E-state index in [1.807, 2.05) is 36.1 Å². The number of carbonyl (C=O) groups is 1. The lowest BCUT2D eigenvalue weighted by atomic mass is 10.1. The topological polar surface area (TPSA) is 66.5 Å². The molecule has 146 valence electrons. The van der Waals surface area contributed by atoms with Gasteiger partial charge in [-0.25, -0.2) is 13.1 Å². The van der Waals surface area contributed by atoms with Crippen molar-refractivity contribution in [2.75, 3.05) is 20.1 Å². The van der Waals surface area contributed by atoms with Gasteiger partial charge in [-0.2, -0.15) is 0 Å². The molecule has 0 heterocycles. The first-order chi connectivity index (χ1) is 12.8. The molecule has 0 atom stereocenters. The summed E-state index contributed by atoms with van der Waals surface area (Å²) in [5.41, 5.74) is 0.664. The van der Waals surface area contributed by atoms with E-state index >= 15 is 0 Å². The number of hydrogen-bond donors (Lipinski definition) is 1. The van der Waals surface area contributed by atoms with Crippen molar-refractivity contribution in [3.63, 3.8) is 0 Å². The summed E-state index contributed by atoms with van der Waals surface area (Å²) in [6, 6.07) is 14.2. The summed E-state index contributed by atoms with van der Waals surface area (Å²) in [6.07, 6.45) is 0. The number of nitrogens with zero attached hydrogens (tertiary/aromatic N) is 1. The predicted octanol–water partition coefficient (Wildman–Crippen LogP) is 3.86. The molecular weight excluding hydrogens is 380 g/mol. The fourth-order valence-corrected chi connectivity index (χ4v) is 4.30. The molecule has 2 aromatic rings. The Morgan fingerprint density at radius 1 is 1.11 bits per heavy atom. The van der Waals surface area contributed by atoms with Crippen molar-refractivity contribution >= 4 is 27.7 Å². The maximum Gasteiger partial charge on any atom is 0.255 e. The molecule has 5 nitrogen and oxygen atoms in total. The van der Waals surface area contributed by atoms with Crippen LogP contribution in [0.25, 0.3) is 0 Å². The van der Waals surface area contributed by atoms with E-state index in [4.69, 9.17) is 0 Å². The van der Waals surface area contributed by atoms with Crippen LogP contribution in [-0.4, -0.2) is 39.4 Å². The summed E-state index contributed by atoms with van der Waals surface area (Å²) in [7, 11) is -2.07. The third-order valence-electron chi connectivity index (χ3n) is 4.00. The highest BCUT2D eigenvalue weighted by Crippen LogP contribution is 2.31. The van der Waals surface area contributed by atoms with Gasteiger partial charge < -0.3 is 4.90 Å². The number of sulfonamides is 1. The van der Waals surface area contributed by atoms with Crippen LogP contribution >= 0.6 is 11.8 Å². The van der Waals surface area contributed by atoms with E-state index in [2.05, 4.69) is 18.6 Å². The van der Waals surface area contributed by atoms with Gasteiger partial charge in [0.25, 0.3) is 5.91 Å². The van der Waals surface area contributed by atoms with Gasteiger partial charge in [-0.15, -0.1) is 0 Å². The number of rotatable bonds is 8. The molecule has 0 aliphatic heterocycles. The molecule has 27 heavy (non-hydrogen) atoms. The molecule has 0 unspecified atom stereocenters. The summed E-state index contributed by atoms with van der Waals surface area (Å²) < 4.78 is 26.0. The quantitative estimate of drug-likeness (QED) is 0.723. The van der Waals surface area contributed by atoms with E-state index < -0.39 is 10.0 Å². The summed E-state index contributed by atoms with van der Waals surface area (Å²) in [5.74, 6) is 0.416. The molecule has 0 aliphatic rings. The molecule has 2 rings (SSSR count). The molecule has 0 saturated carbocycles. The fourth-order valence-electron chi connectivity index (χ4n) is 2.63. The maximum atomic E-state index is 13.0. The van der Waals surface area contributed by atoms with Crippen LogP contribution in [0.5, 0.6) is 0 Å². The molecule has 0 aliphatic carbocycles. The molecule has 7 heteroatoms. The number of amides is 1. The van der Waals surface area contributed by atoms with Crippen LogP contribution in [-0.2, 0) is 10.0 Å². The number of carbonyl (C=O) groups excluding carboxylic acids is 1. The van der Waals surface area contributed by atoms with E-state index in [1.54, 1.807) is 24.3 Å². The molecule has 2 aromatic carbocycles. The van der Waals surface area contributed by atoms with E-state index in [9.17, 15) is 13.2 Å². The standard InChI is InChI=1S/C20H26N2O3S2/c1-5-22(14-15(2)3)20(23)18-8-6-7-9-19(18)26-16-10-12-17(13-11-16)27(24,25)21-4/h6-13,15,21H,5,14H2,1-4H3. The Bertz CT molecular complexity index is 878. The Kier molecular flexibility index (Phi) is 7.47. The van der Waals surface area contributed by atoms with E-state index in [0.717, 1.165) is 9.79 Å². The first-order valence-electron chi connectivity index (χ1n) is 8.88. The van der Waals surface area contributed by atoms with Gasteiger partial charge in [0.15, 0.2) is 0 Å². The zero-order chi connectivity index (χ0) is 20.0. The molecule has 0 bridgehead atoms. The third kappa shape index (κ3) is 5.57. The van der Waals surface area contributed by atoms with Crippen molar-refractivity contribution in [1.82, 2.24) is 9.62 Å². The summed E-state index contributed by atoms with van der Waals surface area (Å²) in [4.78, 5) is 16.8. The summed E-state index contributed by atoms with van der Waals surface area (Å²) in [5, 5.41) is 0. The molecule has 0 saturated heterocycles. The van der Waals surface area contributed by atoms with Gasteiger partial charge in [-0.1, -0.05) is 37.7 Å². The lowest BCUT2D eigenvalue weighted by Gasteiger charge is -2.24. The summed E-state index contributed by atoms with van der Waals surface area (Å²) in [6.45, 7) is 7.54. The fraction of sp³-hybridized carbons (Fsp3) is 0.350.